The van der Waals surface area contributed by atoms with Gasteiger partial charge in [0.2, 0.25) is 0 Å². The van der Waals surface area contributed by atoms with Gasteiger partial charge >= 0.3 is 0 Å². The number of anilines is 1. The standard InChI is InChI=1S/C13H13FN2O/c1-17-13-6-11(14)5-12(7-13)16-9-10-3-2-4-15-8-10/h2-8,16H,9H2,1H3. The zero-order valence-electron chi connectivity index (χ0n) is 9.48. The highest BCUT2D eigenvalue weighted by Crippen LogP contribution is 2.20. The Kier molecular flexibility index (Phi) is 3.55. The summed E-state index contributed by atoms with van der Waals surface area (Å²) in [6.07, 6.45) is 3.48. The fourth-order valence-corrected chi connectivity index (χ4v) is 1.49. The summed E-state index contributed by atoms with van der Waals surface area (Å²) in [6.45, 7) is 0.598. The van der Waals surface area contributed by atoms with E-state index in [2.05, 4.69) is 10.3 Å². The third-order valence-corrected chi connectivity index (χ3v) is 2.33. The van der Waals surface area contributed by atoms with Gasteiger partial charge in [0.25, 0.3) is 0 Å². The highest BCUT2D eigenvalue weighted by atomic mass is 19.1. The topological polar surface area (TPSA) is 34.1 Å². The Balaban J connectivity index is 2.06. The summed E-state index contributed by atoms with van der Waals surface area (Å²) in [5.74, 6) is 0.178. The molecule has 1 N–H and O–H groups in total. The van der Waals surface area contributed by atoms with Crippen molar-refractivity contribution in [2.75, 3.05) is 12.4 Å². The third kappa shape index (κ3) is 3.17. The van der Waals surface area contributed by atoms with E-state index in [-0.39, 0.29) is 5.82 Å². The number of hydrogen-bond acceptors (Lipinski definition) is 3. The molecule has 0 saturated carbocycles. The first-order valence-corrected chi connectivity index (χ1v) is 5.25. The van der Waals surface area contributed by atoms with Crippen LogP contribution in [0.25, 0.3) is 0 Å². The molecule has 0 amide bonds. The van der Waals surface area contributed by atoms with Crippen LogP contribution in [-0.4, -0.2) is 12.1 Å². The number of aromatic nitrogens is 1. The summed E-state index contributed by atoms with van der Waals surface area (Å²) in [7, 11) is 1.51. The highest BCUT2D eigenvalue weighted by molar-refractivity contribution is 5.49. The molecule has 1 heterocycles. The molecule has 0 aliphatic rings. The van der Waals surface area contributed by atoms with Crippen molar-refractivity contribution < 1.29 is 9.13 Å². The van der Waals surface area contributed by atoms with Crippen molar-refractivity contribution in [2.24, 2.45) is 0 Å². The maximum atomic E-state index is 13.2. The zero-order valence-corrected chi connectivity index (χ0v) is 9.48. The second-order valence-corrected chi connectivity index (χ2v) is 3.59. The largest absolute Gasteiger partial charge is 0.497 e. The molecule has 0 atom stereocenters. The fourth-order valence-electron chi connectivity index (χ4n) is 1.49. The lowest BCUT2D eigenvalue weighted by Crippen LogP contribution is -2.00. The molecule has 3 nitrogen and oxygen atoms in total. The lowest BCUT2D eigenvalue weighted by Gasteiger charge is -2.08. The molecule has 88 valence electrons. The summed E-state index contributed by atoms with van der Waals surface area (Å²) < 4.78 is 18.2. The lowest BCUT2D eigenvalue weighted by molar-refractivity contribution is 0.411. The second kappa shape index (κ2) is 5.30. The van der Waals surface area contributed by atoms with Gasteiger partial charge in [-0.2, -0.15) is 0 Å². The summed E-state index contributed by atoms with van der Waals surface area (Å²) in [5.41, 5.74) is 1.72. The van der Waals surface area contributed by atoms with E-state index in [0.29, 0.717) is 18.0 Å². The number of ether oxygens (including phenoxy) is 1. The Hall–Kier alpha value is -2.10. The highest BCUT2D eigenvalue weighted by Gasteiger charge is 2.00. The molecule has 0 saturated heterocycles. The molecule has 0 radical (unpaired) electrons. The number of hydrogen-bond donors (Lipinski definition) is 1. The van der Waals surface area contributed by atoms with Gasteiger partial charge in [0.1, 0.15) is 11.6 Å². The Morgan fingerprint density at radius 1 is 1.35 bits per heavy atom. The minimum absolute atomic E-state index is 0.321. The van der Waals surface area contributed by atoms with Crippen LogP contribution >= 0.6 is 0 Å². The van der Waals surface area contributed by atoms with Crippen LogP contribution in [0.3, 0.4) is 0 Å². The summed E-state index contributed by atoms with van der Waals surface area (Å²) in [6, 6.07) is 8.34. The first-order chi connectivity index (χ1) is 8.28. The van der Waals surface area contributed by atoms with E-state index in [1.54, 1.807) is 18.5 Å². The van der Waals surface area contributed by atoms with Gasteiger partial charge in [-0.25, -0.2) is 4.39 Å². The van der Waals surface area contributed by atoms with Crippen LogP contribution in [-0.2, 0) is 6.54 Å². The van der Waals surface area contributed by atoms with Crippen LogP contribution in [0.4, 0.5) is 10.1 Å². The van der Waals surface area contributed by atoms with Gasteiger partial charge in [0.15, 0.2) is 0 Å². The average Bonchev–Trinajstić information content (AvgIpc) is 2.37. The number of benzene rings is 1. The van der Waals surface area contributed by atoms with Gasteiger partial charge in [-0.15, -0.1) is 0 Å². The third-order valence-electron chi connectivity index (χ3n) is 2.33. The number of halogens is 1. The van der Waals surface area contributed by atoms with Gasteiger partial charge in [-0.05, 0) is 17.7 Å². The molecule has 17 heavy (non-hydrogen) atoms. The van der Waals surface area contributed by atoms with E-state index >= 15 is 0 Å². The van der Waals surface area contributed by atoms with Crippen molar-refractivity contribution in [1.82, 2.24) is 4.98 Å². The minimum atomic E-state index is -0.321. The first-order valence-electron chi connectivity index (χ1n) is 5.25. The molecule has 0 unspecified atom stereocenters. The van der Waals surface area contributed by atoms with E-state index in [1.165, 1.54) is 19.2 Å². The van der Waals surface area contributed by atoms with Crippen molar-refractivity contribution in [3.05, 3.63) is 54.1 Å². The van der Waals surface area contributed by atoms with E-state index < -0.39 is 0 Å². The maximum Gasteiger partial charge on any atom is 0.128 e. The molecule has 0 fully saturated rings. The van der Waals surface area contributed by atoms with E-state index in [9.17, 15) is 4.39 Å². The normalized spacial score (nSPS) is 10.0. The predicted molar refractivity (Wildman–Crippen MR) is 64.5 cm³/mol. The van der Waals surface area contributed by atoms with Gasteiger partial charge in [-0.3, -0.25) is 4.98 Å². The summed E-state index contributed by atoms with van der Waals surface area (Å²) >= 11 is 0. The Bertz CT molecular complexity index is 488. The number of methoxy groups -OCH3 is 1. The van der Waals surface area contributed by atoms with E-state index in [1.807, 2.05) is 12.1 Å². The first kappa shape index (κ1) is 11.4. The van der Waals surface area contributed by atoms with Crippen LogP contribution in [0.5, 0.6) is 5.75 Å². The van der Waals surface area contributed by atoms with E-state index in [0.717, 1.165) is 5.56 Å². The SMILES string of the molecule is COc1cc(F)cc(NCc2cccnc2)c1. The Labute approximate surface area is 99.3 Å². The van der Waals surface area contributed by atoms with Crippen LogP contribution in [0, 0.1) is 5.82 Å². The summed E-state index contributed by atoms with van der Waals surface area (Å²) in [4.78, 5) is 4.01. The van der Waals surface area contributed by atoms with Crippen LogP contribution in [0.2, 0.25) is 0 Å². The Morgan fingerprint density at radius 2 is 2.24 bits per heavy atom. The molecule has 4 heteroatoms. The van der Waals surface area contributed by atoms with Crippen LogP contribution in [0.1, 0.15) is 5.56 Å². The molecule has 1 aromatic heterocycles. The molecule has 0 bridgehead atoms. The number of rotatable bonds is 4. The van der Waals surface area contributed by atoms with Gasteiger partial charge in [0, 0.05) is 36.8 Å². The van der Waals surface area contributed by atoms with Crippen molar-refractivity contribution in [3.8, 4) is 5.75 Å². The smallest absolute Gasteiger partial charge is 0.128 e. The van der Waals surface area contributed by atoms with Gasteiger partial charge in [0.05, 0.1) is 7.11 Å². The molecule has 0 aliphatic heterocycles. The second-order valence-electron chi connectivity index (χ2n) is 3.59. The van der Waals surface area contributed by atoms with Crippen molar-refractivity contribution in [1.29, 1.82) is 0 Å². The van der Waals surface area contributed by atoms with Crippen LogP contribution < -0.4 is 10.1 Å². The number of nitrogens with zero attached hydrogens (tertiary/aromatic N) is 1. The molecule has 0 aliphatic carbocycles. The van der Waals surface area contributed by atoms with Gasteiger partial charge in [-0.1, -0.05) is 6.07 Å². The van der Waals surface area contributed by atoms with Crippen molar-refractivity contribution in [2.45, 2.75) is 6.54 Å². The number of pyridine rings is 1. The van der Waals surface area contributed by atoms with Gasteiger partial charge < -0.3 is 10.1 Å². The van der Waals surface area contributed by atoms with E-state index in [4.69, 9.17) is 4.74 Å². The predicted octanol–water partition coefficient (Wildman–Crippen LogP) is 2.84. The molecular formula is C13H13FN2O. The quantitative estimate of drug-likeness (QED) is 0.880. The van der Waals surface area contributed by atoms with Crippen molar-refractivity contribution in [3.63, 3.8) is 0 Å². The van der Waals surface area contributed by atoms with Crippen LogP contribution in [0.15, 0.2) is 42.7 Å². The molecule has 2 aromatic rings. The zero-order chi connectivity index (χ0) is 12.1. The maximum absolute atomic E-state index is 13.2. The molecule has 2 rings (SSSR count). The monoisotopic (exact) mass is 232 g/mol. The molecule has 0 spiro atoms. The number of nitrogens with one attached hydrogen (secondary N) is 1. The molecule has 1 aromatic carbocycles. The Morgan fingerprint density at radius 3 is 2.94 bits per heavy atom. The fraction of sp³-hybridized carbons (Fsp3) is 0.154. The lowest BCUT2D eigenvalue weighted by atomic mass is 10.2. The van der Waals surface area contributed by atoms with Crippen molar-refractivity contribution >= 4 is 5.69 Å². The minimum Gasteiger partial charge on any atom is -0.497 e. The molecular weight excluding hydrogens is 219 g/mol. The average molecular weight is 232 g/mol. The summed E-state index contributed by atoms with van der Waals surface area (Å²) in [5, 5.41) is 3.12.